The van der Waals surface area contributed by atoms with Gasteiger partial charge in [0, 0.05) is 41.6 Å². The number of aryl methyl sites for hydroxylation is 1. The molecule has 0 radical (unpaired) electrons. The van der Waals surface area contributed by atoms with E-state index in [4.69, 9.17) is 14.6 Å². The van der Waals surface area contributed by atoms with Gasteiger partial charge in [-0.05, 0) is 51.5 Å². The third kappa shape index (κ3) is 4.34. The quantitative estimate of drug-likeness (QED) is 0.397. The Kier molecular flexibility index (Phi) is 5.82. The Morgan fingerprint density at radius 2 is 2.03 bits per heavy atom. The van der Waals surface area contributed by atoms with Crippen LogP contribution in [0.4, 0.5) is 20.7 Å². The average Bonchev–Trinajstić information content (AvgIpc) is 3.37. The second-order valence-corrected chi connectivity index (χ2v) is 9.82. The van der Waals surface area contributed by atoms with Crippen LogP contribution in [0, 0.1) is 12.7 Å². The van der Waals surface area contributed by atoms with Crippen molar-refractivity contribution in [3.05, 3.63) is 53.7 Å². The van der Waals surface area contributed by atoms with Gasteiger partial charge in [0.2, 0.25) is 0 Å². The van der Waals surface area contributed by atoms with Crippen molar-refractivity contribution in [3.8, 4) is 16.9 Å². The van der Waals surface area contributed by atoms with Crippen molar-refractivity contribution in [1.29, 1.82) is 0 Å². The molecule has 3 aromatic heterocycles. The molecule has 0 fully saturated rings. The van der Waals surface area contributed by atoms with Crippen LogP contribution in [0.2, 0.25) is 0 Å². The molecule has 0 unspecified atom stereocenters. The molecule has 1 aromatic carbocycles. The molecule has 0 spiro atoms. The number of halogens is 1. The fourth-order valence-electron chi connectivity index (χ4n) is 4.48. The number of hydrogen-bond acceptors (Lipinski definition) is 6. The predicted molar refractivity (Wildman–Crippen MR) is 135 cm³/mol. The highest BCUT2D eigenvalue weighted by atomic mass is 19.1. The summed E-state index contributed by atoms with van der Waals surface area (Å²) in [7, 11) is 1.43. The molecule has 1 amide bonds. The average molecular weight is 493 g/mol. The first kappa shape index (κ1) is 23.7. The Balaban J connectivity index is 1.62. The first-order valence-corrected chi connectivity index (χ1v) is 11.8. The summed E-state index contributed by atoms with van der Waals surface area (Å²) in [5.74, 6) is 0.252. The monoisotopic (exact) mass is 492 g/mol. The molecule has 1 aliphatic heterocycles. The number of methoxy groups -OCH3 is 1. The Hall–Kier alpha value is -4.08. The van der Waals surface area contributed by atoms with Crippen molar-refractivity contribution >= 4 is 28.6 Å². The number of H-pyrrole nitrogens is 1. The summed E-state index contributed by atoms with van der Waals surface area (Å²) in [5.41, 5.74) is 4.34. The molecular formula is C26H29FN6O3. The van der Waals surface area contributed by atoms with Gasteiger partial charge in [-0.3, -0.25) is 4.68 Å². The Morgan fingerprint density at radius 1 is 1.22 bits per heavy atom. The minimum Gasteiger partial charge on any atom is -0.494 e. The number of ether oxygens (including phenoxy) is 2. The summed E-state index contributed by atoms with van der Waals surface area (Å²) in [5, 5.41) is 9.08. The summed E-state index contributed by atoms with van der Waals surface area (Å²) in [6.45, 7) is 8.85. The number of pyridine rings is 1. The van der Waals surface area contributed by atoms with Gasteiger partial charge in [-0.15, -0.1) is 0 Å². The largest absolute Gasteiger partial charge is 0.494 e. The van der Waals surface area contributed by atoms with E-state index in [0.29, 0.717) is 31.1 Å². The fraction of sp³-hybridized carbons (Fsp3) is 0.346. The van der Waals surface area contributed by atoms with E-state index in [9.17, 15) is 9.18 Å². The van der Waals surface area contributed by atoms with Gasteiger partial charge >= 0.3 is 6.09 Å². The third-order valence-electron chi connectivity index (χ3n) is 6.09. The van der Waals surface area contributed by atoms with E-state index in [1.807, 2.05) is 44.6 Å². The van der Waals surface area contributed by atoms with Crippen LogP contribution in [0.1, 0.15) is 32.0 Å². The zero-order valence-corrected chi connectivity index (χ0v) is 21.0. The SMILES string of the molecule is COc1ccc(Nc2nn3c(c2-c2ccnc4[nH]cc(C)c24)CN(C(=O)OC(C)(C)C)CC3)cc1F. The van der Waals surface area contributed by atoms with E-state index in [2.05, 4.69) is 15.3 Å². The maximum absolute atomic E-state index is 14.4. The molecule has 188 valence electrons. The number of nitrogens with one attached hydrogen (secondary N) is 2. The summed E-state index contributed by atoms with van der Waals surface area (Å²) in [6, 6.07) is 6.62. The van der Waals surface area contributed by atoms with Crippen LogP contribution in [-0.4, -0.2) is 50.0 Å². The number of carbonyl (C=O) groups is 1. The number of hydrogen-bond donors (Lipinski definition) is 2. The molecule has 4 heterocycles. The van der Waals surface area contributed by atoms with E-state index in [0.717, 1.165) is 33.4 Å². The van der Waals surface area contributed by atoms with Gasteiger partial charge in [0.05, 0.1) is 31.5 Å². The smallest absolute Gasteiger partial charge is 0.410 e. The number of fused-ring (bicyclic) bond motifs is 2. The standard InChI is InChI=1S/C26H29FN6O3/c1-15-13-29-23-21(15)17(8-9-28-23)22-19-14-32(25(34)36-26(2,3)4)10-11-33(19)31-24(22)30-16-6-7-20(35-5)18(27)12-16/h6-9,12-13H,10-11,14H2,1-5H3,(H,28,29)(H,30,31). The topological polar surface area (TPSA) is 97.3 Å². The Morgan fingerprint density at radius 3 is 2.75 bits per heavy atom. The van der Waals surface area contributed by atoms with Crippen LogP contribution in [0.3, 0.4) is 0 Å². The molecule has 36 heavy (non-hydrogen) atoms. The number of amides is 1. The highest BCUT2D eigenvalue weighted by Gasteiger charge is 2.31. The van der Waals surface area contributed by atoms with Gasteiger partial charge in [-0.2, -0.15) is 5.10 Å². The maximum Gasteiger partial charge on any atom is 0.410 e. The number of anilines is 2. The summed E-state index contributed by atoms with van der Waals surface area (Å²) >= 11 is 0. The molecule has 0 atom stereocenters. The first-order chi connectivity index (χ1) is 17.1. The van der Waals surface area contributed by atoms with E-state index >= 15 is 0 Å². The molecule has 0 saturated carbocycles. The van der Waals surface area contributed by atoms with Gasteiger partial charge in [0.15, 0.2) is 17.4 Å². The highest BCUT2D eigenvalue weighted by Crippen LogP contribution is 2.40. The molecule has 4 aromatic rings. The lowest BCUT2D eigenvalue weighted by molar-refractivity contribution is 0.0195. The molecule has 0 bridgehead atoms. The lowest BCUT2D eigenvalue weighted by Gasteiger charge is -2.30. The Labute approximate surface area is 208 Å². The molecule has 2 N–H and O–H groups in total. The first-order valence-electron chi connectivity index (χ1n) is 11.8. The van der Waals surface area contributed by atoms with Crippen LogP contribution in [0.15, 0.2) is 36.7 Å². The highest BCUT2D eigenvalue weighted by molar-refractivity contribution is 5.99. The lowest BCUT2D eigenvalue weighted by Crippen LogP contribution is -2.41. The van der Waals surface area contributed by atoms with Crippen molar-refractivity contribution in [1.82, 2.24) is 24.6 Å². The minimum absolute atomic E-state index is 0.164. The van der Waals surface area contributed by atoms with Gasteiger partial charge in [0.25, 0.3) is 0 Å². The zero-order valence-electron chi connectivity index (χ0n) is 21.0. The predicted octanol–water partition coefficient (Wildman–Crippen LogP) is 5.38. The van der Waals surface area contributed by atoms with Crippen LogP contribution >= 0.6 is 0 Å². The van der Waals surface area contributed by atoms with Crippen molar-refractivity contribution < 1.29 is 18.7 Å². The van der Waals surface area contributed by atoms with Crippen molar-refractivity contribution in [2.24, 2.45) is 0 Å². The van der Waals surface area contributed by atoms with Crippen LogP contribution in [-0.2, 0) is 17.8 Å². The van der Waals surface area contributed by atoms with Crippen LogP contribution < -0.4 is 10.1 Å². The van der Waals surface area contributed by atoms with Crippen LogP contribution in [0.25, 0.3) is 22.2 Å². The second kappa shape index (κ2) is 8.85. The molecule has 0 aliphatic carbocycles. The summed E-state index contributed by atoms with van der Waals surface area (Å²) < 4.78 is 27.0. The Bertz CT molecular complexity index is 1450. The van der Waals surface area contributed by atoms with Crippen molar-refractivity contribution in [2.45, 2.75) is 46.4 Å². The third-order valence-corrected chi connectivity index (χ3v) is 6.09. The zero-order chi connectivity index (χ0) is 25.6. The van der Waals surface area contributed by atoms with E-state index in [-0.39, 0.29) is 11.8 Å². The summed E-state index contributed by atoms with van der Waals surface area (Å²) in [6.07, 6.45) is 3.28. The van der Waals surface area contributed by atoms with Gasteiger partial charge in [0.1, 0.15) is 11.2 Å². The molecule has 1 aliphatic rings. The number of rotatable bonds is 4. The van der Waals surface area contributed by atoms with Crippen molar-refractivity contribution in [2.75, 3.05) is 19.0 Å². The van der Waals surface area contributed by atoms with E-state index in [1.165, 1.54) is 13.2 Å². The molecule has 9 nitrogen and oxygen atoms in total. The molecule has 0 saturated heterocycles. The van der Waals surface area contributed by atoms with E-state index < -0.39 is 11.4 Å². The van der Waals surface area contributed by atoms with Gasteiger partial charge in [-0.1, -0.05) is 0 Å². The fourth-order valence-corrected chi connectivity index (χ4v) is 4.48. The van der Waals surface area contributed by atoms with Crippen molar-refractivity contribution in [3.63, 3.8) is 0 Å². The number of aromatic amines is 1. The number of benzene rings is 1. The molecule has 5 rings (SSSR count). The summed E-state index contributed by atoms with van der Waals surface area (Å²) in [4.78, 5) is 22.2. The number of aromatic nitrogens is 4. The van der Waals surface area contributed by atoms with Gasteiger partial charge < -0.3 is 24.7 Å². The maximum atomic E-state index is 14.4. The molecular weight excluding hydrogens is 463 g/mol. The number of carbonyl (C=O) groups excluding carboxylic acids is 1. The van der Waals surface area contributed by atoms with Crippen LogP contribution in [0.5, 0.6) is 5.75 Å². The normalized spacial score (nSPS) is 13.6. The minimum atomic E-state index is -0.595. The lowest BCUT2D eigenvalue weighted by atomic mass is 10.00. The van der Waals surface area contributed by atoms with Gasteiger partial charge in [-0.25, -0.2) is 14.2 Å². The molecule has 10 heteroatoms. The van der Waals surface area contributed by atoms with E-state index in [1.54, 1.807) is 23.2 Å². The number of nitrogens with zero attached hydrogens (tertiary/aromatic N) is 4. The second-order valence-electron chi connectivity index (χ2n) is 9.82.